The molecule has 4 rings (SSSR count). The van der Waals surface area contributed by atoms with Crippen LogP contribution in [0.25, 0.3) is 0 Å². The standard InChI is InChI=1S/C26H31NO2/c28-22(16-21-17-23(21)19-10-4-1-5-11-19)14-8-3-9-15-26(29)27-25-18-24(25)20-12-6-2-7-13-20/h1-2,4-7,10-13,21,23-25H,3,8-9,14-18H2,(H,27,29)/t21-,23+,24+,25-/m0/s1. The second-order valence-corrected chi connectivity index (χ2v) is 8.74. The first-order valence-corrected chi connectivity index (χ1v) is 11.1. The predicted molar refractivity (Wildman–Crippen MR) is 116 cm³/mol. The van der Waals surface area contributed by atoms with Gasteiger partial charge in [-0.15, -0.1) is 0 Å². The minimum absolute atomic E-state index is 0.156. The van der Waals surface area contributed by atoms with Crippen molar-refractivity contribution in [3.8, 4) is 0 Å². The molecular formula is C26H31NO2. The largest absolute Gasteiger partial charge is 0.353 e. The number of carbonyl (C=O) groups excluding carboxylic acids is 2. The number of hydrogen-bond acceptors (Lipinski definition) is 2. The van der Waals surface area contributed by atoms with Crippen molar-refractivity contribution in [2.75, 3.05) is 0 Å². The molecule has 0 unspecified atom stereocenters. The molecule has 3 nitrogen and oxygen atoms in total. The Bertz CT molecular complexity index is 748. The van der Waals surface area contributed by atoms with E-state index in [9.17, 15) is 9.59 Å². The lowest BCUT2D eigenvalue weighted by atomic mass is 10.0. The molecule has 2 aromatic carbocycles. The normalized spacial score (nSPS) is 24.7. The van der Waals surface area contributed by atoms with Crippen molar-refractivity contribution in [2.45, 2.75) is 69.2 Å². The van der Waals surface area contributed by atoms with Crippen LogP contribution in [-0.2, 0) is 9.59 Å². The number of unbranched alkanes of at least 4 members (excludes halogenated alkanes) is 2. The second kappa shape index (κ2) is 9.39. The molecule has 2 aliphatic rings. The minimum Gasteiger partial charge on any atom is -0.353 e. The summed E-state index contributed by atoms with van der Waals surface area (Å²) in [4.78, 5) is 24.3. The van der Waals surface area contributed by atoms with E-state index >= 15 is 0 Å². The smallest absolute Gasteiger partial charge is 0.220 e. The van der Waals surface area contributed by atoms with Crippen molar-refractivity contribution in [3.05, 3.63) is 71.8 Å². The van der Waals surface area contributed by atoms with Gasteiger partial charge in [0.05, 0.1) is 0 Å². The van der Waals surface area contributed by atoms with Crippen LogP contribution in [0.5, 0.6) is 0 Å². The highest BCUT2D eigenvalue weighted by molar-refractivity contribution is 5.79. The van der Waals surface area contributed by atoms with Gasteiger partial charge in [0.25, 0.3) is 0 Å². The third-order valence-corrected chi connectivity index (χ3v) is 6.36. The van der Waals surface area contributed by atoms with Crippen molar-refractivity contribution in [3.63, 3.8) is 0 Å². The first-order valence-electron chi connectivity index (χ1n) is 11.1. The van der Waals surface area contributed by atoms with Gasteiger partial charge in [0.15, 0.2) is 0 Å². The number of amides is 1. The van der Waals surface area contributed by atoms with Gasteiger partial charge in [-0.3, -0.25) is 9.59 Å². The first kappa shape index (κ1) is 19.9. The van der Waals surface area contributed by atoms with E-state index in [1.807, 2.05) is 12.1 Å². The Morgan fingerprint density at radius 2 is 1.38 bits per heavy atom. The van der Waals surface area contributed by atoms with Crippen LogP contribution in [0, 0.1) is 5.92 Å². The number of Topliss-reactive ketones (excluding diaryl/α,β-unsaturated/α-hetero) is 1. The van der Waals surface area contributed by atoms with E-state index in [1.165, 1.54) is 11.1 Å². The zero-order valence-electron chi connectivity index (χ0n) is 17.1. The molecule has 1 N–H and O–H groups in total. The summed E-state index contributed by atoms with van der Waals surface area (Å²) in [6, 6.07) is 21.2. The SMILES string of the molecule is O=C(CCCCCC(=O)N[C@H]1C[C@@H]1c1ccccc1)C[C@H]1C[C@@H]1c1ccccc1. The topological polar surface area (TPSA) is 46.2 Å². The fourth-order valence-corrected chi connectivity index (χ4v) is 4.46. The van der Waals surface area contributed by atoms with Gasteiger partial charge in [-0.1, -0.05) is 67.1 Å². The summed E-state index contributed by atoms with van der Waals surface area (Å²) in [5.41, 5.74) is 2.70. The van der Waals surface area contributed by atoms with Gasteiger partial charge in [-0.2, -0.15) is 0 Å². The molecule has 3 heteroatoms. The van der Waals surface area contributed by atoms with Crippen LogP contribution in [0.1, 0.15) is 74.3 Å². The molecule has 1 amide bonds. The molecule has 4 atom stereocenters. The van der Waals surface area contributed by atoms with Gasteiger partial charge in [-0.25, -0.2) is 0 Å². The maximum absolute atomic E-state index is 12.2. The average molecular weight is 390 g/mol. The van der Waals surface area contributed by atoms with Crippen LogP contribution in [0.4, 0.5) is 0 Å². The fraction of sp³-hybridized carbons (Fsp3) is 0.462. The van der Waals surface area contributed by atoms with Crippen molar-refractivity contribution in [1.29, 1.82) is 0 Å². The summed E-state index contributed by atoms with van der Waals surface area (Å²) in [6.45, 7) is 0. The quantitative estimate of drug-likeness (QED) is 0.525. The maximum Gasteiger partial charge on any atom is 0.220 e. The zero-order chi connectivity index (χ0) is 20.1. The molecule has 0 aromatic heterocycles. The van der Waals surface area contributed by atoms with Crippen LogP contribution < -0.4 is 5.32 Å². The van der Waals surface area contributed by atoms with E-state index in [-0.39, 0.29) is 5.91 Å². The van der Waals surface area contributed by atoms with Crippen LogP contribution >= 0.6 is 0 Å². The summed E-state index contributed by atoms with van der Waals surface area (Å²) in [6.07, 6.45) is 6.91. The Morgan fingerprint density at radius 3 is 2.07 bits per heavy atom. The fourth-order valence-electron chi connectivity index (χ4n) is 4.46. The molecule has 0 aliphatic heterocycles. The molecule has 2 fully saturated rings. The van der Waals surface area contributed by atoms with E-state index in [0.717, 1.165) is 38.5 Å². The molecular weight excluding hydrogens is 358 g/mol. The highest BCUT2D eigenvalue weighted by Gasteiger charge is 2.39. The molecule has 0 heterocycles. The van der Waals surface area contributed by atoms with Crippen LogP contribution in [0.15, 0.2) is 60.7 Å². The molecule has 2 aromatic rings. The van der Waals surface area contributed by atoms with Crippen molar-refractivity contribution < 1.29 is 9.59 Å². The number of benzene rings is 2. The Hall–Kier alpha value is -2.42. The summed E-state index contributed by atoms with van der Waals surface area (Å²) < 4.78 is 0. The lowest BCUT2D eigenvalue weighted by molar-refractivity contribution is -0.121. The third kappa shape index (κ3) is 5.79. The minimum atomic E-state index is 0.156. The summed E-state index contributed by atoms with van der Waals surface area (Å²) in [5, 5.41) is 3.15. The van der Waals surface area contributed by atoms with Gasteiger partial charge >= 0.3 is 0 Å². The van der Waals surface area contributed by atoms with E-state index in [4.69, 9.17) is 0 Å². The summed E-state index contributed by atoms with van der Waals surface area (Å²) in [5.74, 6) is 2.17. The van der Waals surface area contributed by atoms with E-state index < -0.39 is 0 Å². The third-order valence-electron chi connectivity index (χ3n) is 6.36. The number of nitrogens with one attached hydrogen (secondary N) is 1. The Morgan fingerprint density at radius 1 is 0.759 bits per heavy atom. The number of ketones is 1. The van der Waals surface area contributed by atoms with Crippen LogP contribution in [-0.4, -0.2) is 17.7 Å². The highest BCUT2D eigenvalue weighted by Crippen LogP contribution is 2.49. The Kier molecular flexibility index (Phi) is 6.43. The van der Waals surface area contributed by atoms with Gasteiger partial charge in [0, 0.05) is 31.2 Å². The molecule has 0 bridgehead atoms. The predicted octanol–water partition coefficient (Wildman–Crippen LogP) is 5.37. The molecule has 0 radical (unpaired) electrons. The van der Waals surface area contributed by atoms with Crippen molar-refractivity contribution >= 4 is 11.7 Å². The van der Waals surface area contributed by atoms with Crippen molar-refractivity contribution in [1.82, 2.24) is 5.32 Å². The maximum atomic E-state index is 12.2. The van der Waals surface area contributed by atoms with Crippen LogP contribution in [0.3, 0.4) is 0 Å². The molecule has 0 spiro atoms. The van der Waals surface area contributed by atoms with Gasteiger partial charge in [0.1, 0.15) is 5.78 Å². The average Bonchev–Trinajstić information content (AvgIpc) is 3.66. The molecule has 2 saturated carbocycles. The van der Waals surface area contributed by atoms with E-state index in [1.54, 1.807) is 0 Å². The van der Waals surface area contributed by atoms with Gasteiger partial charge in [0.2, 0.25) is 5.91 Å². The first-order chi connectivity index (χ1) is 14.2. The van der Waals surface area contributed by atoms with Gasteiger partial charge < -0.3 is 5.32 Å². The number of carbonyl (C=O) groups is 2. The summed E-state index contributed by atoms with van der Waals surface area (Å²) in [7, 11) is 0. The summed E-state index contributed by atoms with van der Waals surface area (Å²) >= 11 is 0. The lowest BCUT2D eigenvalue weighted by Crippen LogP contribution is -2.26. The molecule has 2 aliphatic carbocycles. The molecule has 29 heavy (non-hydrogen) atoms. The zero-order valence-corrected chi connectivity index (χ0v) is 17.1. The van der Waals surface area contributed by atoms with E-state index in [0.29, 0.717) is 42.4 Å². The van der Waals surface area contributed by atoms with Crippen LogP contribution in [0.2, 0.25) is 0 Å². The Labute approximate surface area is 173 Å². The number of rotatable bonds is 11. The second-order valence-electron chi connectivity index (χ2n) is 8.74. The number of hydrogen-bond donors (Lipinski definition) is 1. The molecule has 152 valence electrons. The lowest BCUT2D eigenvalue weighted by Gasteiger charge is -2.05. The molecule has 0 saturated heterocycles. The van der Waals surface area contributed by atoms with Gasteiger partial charge in [-0.05, 0) is 48.6 Å². The highest BCUT2D eigenvalue weighted by atomic mass is 16.1. The van der Waals surface area contributed by atoms with Crippen molar-refractivity contribution in [2.24, 2.45) is 5.92 Å². The Balaban J connectivity index is 1.04. The monoisotopic (exact) mass is 389 g/mol. The van der Waals surface area contributed by atoms with E-state index in [2.05, 4.69) is 53.8 Å².